The molecule has 2 fully saturated rings. The lowest BCUT2D eigenvalue weighted by Crippen LogP contribution is -2.54. The number of hydrogen-bond acceptors (Lipinski definition) is 11. The van der Waals surface area contributed by atoms with E-state index in [9.17, 15) is 19.2 Å². The monoisotopic (exact) mass is 779 g/mol. The average molecular weight is 780 g/mol. The zero-order chi connectivity index (χ0) is 40.1. The molecule has 0 bridgehead atoms. The highest BCUT2D eigenvalue weighted by atomic mass is 16.6. The molecule has 0 aliphatic carbocycles. The van der Waals surface area contributed by atoms with Gasteiger partial charge in [0, 0.05) is 32.8 Å². The molecule has 5 atom stereocenters. The molecule has 2 saturated heterocycles. The number of nitrogens with one attached hydrogen (secondary N) is 4. The number of carbonyl (C=O) groups is 4. The van der Waals surface area contributed by atoms with Gasteiger partial charge in [0.15, 0.2) is 6.10 Å². The molecule has 57 heavy (non-hydrogen) atoms. The third-order valence-corrected chi connectivity index (χ3v) is 10.6. The van der Waals surface area contributed by atoms with Crippen molar-refractivity contribution in [1.82, 2.24) is 50.5 Å². The number of nitrogens with zero attached hydrogens (tertiary/aromatic N) is 6. The molecule has 298 valence electrons. The van der Waals surface area contributed by atoms with Crippen molar-refractivity contribution in [3.63, 3.8) is 0 Å². The Balaban J connectivity index is 0.999. The van der Waals surface area contributed by atoms with Gasteiger partial charge in [-0.05, 0) is 54.9 Å². The van der Waals surface area contributed by atoms with Crippen LogP contribution in [0.3, 0.4) is 0 Å². The van der Waals surface area contributed by atoms with Crippen molar-refractivity contribution < 1.29 is 33.4 Å². The normalized spacial score (nSPS) is 18.2. The van der Waals surface area contributed by atoms with Gasteiger partial charge in [-0.25, -0.2) is 19.6 Å². The Morgan fingerprint density at radius 3 is 1.82 bits per heavy atom. The van der Waals surface area contributed by atoms with E-state index >= 15 is 0 Å². The Labute approximate surface area is 327 Å². The number of alkyl carbamates (subject to hydrolysis) is 1. The second-order valence-corrected chi connectivity index (χ2v) is 14.0. The summed E-state index contributed by atoms with van der Waals surface area (Å²) in [6, 6.07) is 14.8. The molecule has 5 heterocycles. The second-order valence-electron chi connectivity index (χ2n) is 14.0. The number of H-pyrrole nitrogens is 3. The summed E-state index contributed by atoms with van der Waals surface area (Å²) in [6.07, 6.45) is 4.67. The molecule has 4 amide bonds. The molecule has 2 unspecified atom stereocenters. The zero-order valence-electron chi connectivity index (χ0n) is 31.8. The summed E-state index contributed by atoms with van der Waals surface area (Å²) >= 11 is 0. The van der Waals surface area contributed by atoms with Crippen LogP contribution in [0.5, 0.6) is 0 Å². The Hall–Kier alpha value is -6.56. The number of methoxy groups -OCH3 is 2. The molecule has 5 aromatic rings. The van der Waals surface area contributed by atoms with Crippen LogP contribution in [0.15, 0.2) is 67.1 Å². The standard InChI is InChI=1S/C39H45N11O7/c1-22(55-2)33(46-39(54)56-3)37(52)50-17-5-7-31(50)35-42-21-29(45-35)26-14-10-24(11-15-26)23-8-12-25(13-9-23)28-20-41-34(44-28)30-6-4-16-49(30)36(51)32(57-38(40)53)18-27-19-43-48-47-27/h8-15,19-22,30-33H,4-7,16-18H2,1-3H3,(H2,40,53)(H,41,44)(H,42,45)(H,46,54)(H,43,47,48)/t22-,30+,31?,32+,33?/m1/s1. The van der Waals surface area contributed by atoms with E-state index in [0.717, 1.165) is 52.9 Å². The van der Waals surface area contributed by atoms with Gasteiger partial charge in [0.1, 0.15) is 17.7 Å². The molecule has 0 radical (unpaired) electrons. The third kappa shape index (κ3) is 8.50. The maximum absolute atomic E-state index is 13.6. The van der Waals surface area contributed by atoms with Crippen molar-refractivity contribution in [2.24, 2.45) is 5.73 Å². The van der Waals surface area contributed by atoms with Gasteiger partial charge >= 0.3 is 12.2 Å². The number of nitrogens with two attached hydrogens (primary N) is 1. The van der Waals surface area contributed by atoms with Crippen molar-refractivity contribution >= 4 is 24.0 Å². The van der Waals surface area contributed by atoms with E-state index in [1.54, 1.807) is 29.1 Å². The topological polar surface area (TPSA) is 239 Å². The number of ether oxygens (including phenoxy) is 3. The van der Waals surface area contributed by atoms with E-state index in [4.69, 9.17) is 19.9 Å². The van der Waals surface area contributed by atoms with Crippen LogP contribution < -0.4 is 11.1 Å². The second kappa shape index (κ2) is 17.1. The zero-order valence-corrected chi connectivity index (χ0v) is 31.8. The Bertz CT molecular complexity index is 2170. The highest BCUT2D eigenvalue weighted by Gasteiger charge is 2.39. The Kier molecular flexibility index (Phi) is 11.6. The van der Waals surface area contributed by atoms with Gasteiger partial charge in [-0.1, -0.05) is 53.7 Å². The lowest BCUT2D eigenvalue weighted by molar-refractivity contribution is -0.141. The van der Waals surface area contributed by atoms with Crippen LogP contribution in [0.4, 0.5) is 9.59 Å². The van der Waals surface area contributed by atoms with E-state index in [0.29, 0.717) is 36.9 Å². The van der Waals surface area contributed by atoms with Crippen LogP contribution in [0.2, 0.25) is 0 Å². The van der Waals surface area contributed by atoms with Crippen molar-refractivity contribution in [3.05, 3.63) is 84.5 Å². The largest absolute Gasteiger partial charge is 0.453 e. The highest BCUT2D eigenvalue weighted by molar-refractivity contribution is 5.87. The van der Waals surface area contributed by atoms with Gasteiger partial charge in [-0.3, -0.25) is 14.7 Å². The molecule has 18 heteroatoms. The van der Waals surface area contributed by atoms with Gasteiger partial charge < -0.3 is 45.0 Å². The number of rotatable bonds is 13. The van der Waals surface area contributed by atoms with Gasteiger partial charge in [0.25, 0.3) is 5.91 Å². The quantitative estimate of drug-likeness (QED) is 0.114. The van der Waals surface area contributed by atoms with E-state index < -0.39 is 30.4 Å². The van der Waals surface area contributed by atoms with Gasteiger partial charge in [-0.15, -0.1) is 5.10 Å². The van der Waals surface area contributed by atoms with Gasteiger partial charge in [-0.2, -0.15) is 0 Å². The van der Waals surface area contributed by atoms with Crippen molar-refractivity contribution in [3.8, 4) is 33.6 Å². The first-order chi connectivity index (χ1) is 27.6. The Morgan fingerprint density at radius 2 is 1.35 bits per heavy atom. The molecule has 0 saturated carbocycles. The molecular formula is C39H45N11O7. The van der Waals surface area contributed by atoms with E-state index in [-0.39, 0.29) is 30.3 Å². The summed E-state index contributed by atoms with van der Waals surface area (Å²) in [7, 11) is 2.74. The van der Waals surface area contributed by atoms with E-state index in [1.165, 1.54) is 20.4 Å². The molecular weight excluding hydrogens is 734 g/mol. The predicted octanol–water partition coefficient (Wildman–Crippen LogP) is 4.05. The lowest BCUT2D eigenvalue weighted by atomic mass is 10.0. The van der Waals surface area contributed by atoms with Crippen LogP contribution in [-0.2, 0) is 30.2 Å². The molecule has 18 nitrogen and oxygen atoms in total. The first-order valence-corrected chi connectivity index (χ1v) is 18.7. The smallest absolute Gasteiger partial charge is 0.407 e. The fraction of sp³-hybridized carbons (Fsp3) is 0.385. The number of aromatic amines is 3. The molecule has 7 rings (SSSR count). The Morgan fingerprint density at radius 1 is 0.825 bits per heavy atom. The number of benzene rings is 2. The summed E-state index contributed by atoms with van der Waals surface area (Å²) in [5.74, 6) is 0.694. The fourth-order valence-electron chi connectivity index (χ4n) is 7.52. The molecule has 2 aliphatic heterocycles. The molecule has 0 spiro atoms. The number of aromatic nitrogens is 7. The molecule has 6 N–H and O–H groups in total. The van der Waals surface area contributed by atoms with Crippen molar-refractivity contribution in [2.75, 3.05) is 27.3 Å². The number of carbonyl (C=O) groups excluding carboxylic acids is 4. The van der Waals surface area contributed by atoms with E-state index in [1.807, 2.05) is 48.5 Å². The van der Waals surface area contributed by atoms with Crippen LogP contribution in [-0.4, -0.2) is 115 Å². The minimum Gasteiger partial charge on any atom is -0.453 e. The van der Waals surface area contributed by atoms with E-state index in [2.05, 4.69) is 40.7 Å². The molecule has 2 aromatic carbocycles. The van der Waals surface area contributed by atoms with Crippen LogP contribution in [0.25, 0.3) is 33.6 Å². The minimum absolute atomic E-state index is 0.0441. The maximum Gasteiger partial charge on any atom is 0.407 e. The van der Waals surface area contributed by atoms with Gasteiger partial charge in [0.2, 0.25) is 5.91 Å². The summed E-state index contributed by atoms with van der Waals surface area (Å²) in [4.78, 5) is 70.3. The predicted molar refractivity (Wildman–Crippen MR) is 205 cm³/mol. The number of likely N-dealkylation sites (tertiary alicyclic amines) is 2. The van der Waals surface area contributed by atoms with Crippen LogP contribution in [0, 0.1) is 0 Å². The summed E-state index contributed by atoms with van der Waals surface area (Å²) < 4.78 is 15.3. The van der Waals surface area contributed by atoms with Crippen LogP contribution >= 0.6 is 0 Å². The molecule has 2 aliphatic rings. The number of primary amides is 1. The van der Waals surface area contributed by atoms with Crippen LogP contribution in [0.1, 0.15) is 62.0 Å². The summed E-state index contributed by atoms with van der Waals surface area (Å²) in [5.41, 5.74) is 11.3. The fourth-order valence-corrected chi connectivity index (χ4v) is 7.52. The maximum atomic E-state index is 13.6. The number of amides is 4. The molecule has 3 aromatic heterocycles. The van der Waals surface area contributed by atoms with Crippen molar-refractivity contribution in [2.45, 2.75) is 69.4 Å². The first kappa shape index (κ1) is 38.7. The number of hydrogen-bond donors (Lipinski definition) is 5. The SMILES string of the molecule is COC(=O)NC(C(=O)N1CCCC1c1ncc(-c2ccc(-c3ccc(-c4cnc([C@@H]5CCCN5C(=O)[C@H](Cc5c[nH]nn5)OC(N)=O)[nH]4)cc3)cc2)[nH]1)[C@@H](C)OC. The van der Waals surface area contributed by atoms with Gasteiger partial charge in [0.05, 0.1) is 54.8 Å². The summed E-state index contributed by atoms with van der Waals surface area (Å²) in [5, 5.41) is 12.8. The minimum atomic E-state index is -1.13. The lowest BCUT2D eigenvalue weighted by Gasteiger charge is -2.30. The van der Waals surface area contributed by atoms with Crippen molar-refractivity contribution in [1.29, 1.82) is 0 Å². The third-order valence-electron chi connectivity index (χ3n) is 10.6. The first-order valence-electron chi connectivity index (χ1n) is 18.7. The number of imidazole rings is 2. The average Bonchev–Trinajstić information content (AvgIpc) is 4.08. The highest BCUT2D eigenvalue weighted by Crippen LogP contribution is 2.35. The summed E-state index contributed by atoms with van der Waals surface area (Å²) in [6.45, 7) is 2.75.